The quantitative estimate of drug-likeness (QED) is 0.316. The van der Waals surface area contributed by atoms with Gasteiger partial charge in [-0.15, -0.1) is 0 Å². The summed E-state index contributed by atoms with van der Waals surface area (Å²) in [7, 11) is 0. The summed E-state index contributed by atoms with van der Waals surface area (Å²) in [5, 5.41) is 10.8. The van der Waals surface area contributed by atoms with Gasteiger partial charge in [0.25, 0.3) is 11.6 Å². The number of carbonyl (C=O) groups excluding carboxylic acids is 2. The van der Waals surface area contributed by atoms with Crippen LogP contribution in [0, 0.1) is 19.6 Å². The Kier molecular flexibility index (Phi) is 5.91. The molecule has 1 aromatic rings. The molecule has 7 nitrogen and oxygen atoms in total. The van der Waals surface area contributed by atoms with Gasteiger partial charge in [-0.1, -0.05) is 0 Å². The fourth-order valence-corrected chi connectivity index (χ4v) is 3.31. The fourth-order valence-electron chi connectivity index (χ4n) is 2.58. The number of amides is 1. The average molecular weight is 432 g/mol. The molecule has 0 radical (unpaired) electrons. The molecular formula is C15H17IN2O5. The average Bonchev–Trinajstić information content (AvgIpc) is 2.54. The Bertz CT molecular complexity index is 634. The number of non-ortho nitro benzene ring substituents is 1. The van der Waals surface area contributed by atoms with Gasteiger partial charge in [-0.3, -0.25) is 19.7 Å². The predicted molar refractivity (Wildman–Crippen MR) is 91.1 cm³/mol. The first kappa shape index (κ1) is 17.6. The first-order valence-corrected chi connectivity index (χ1v) is 8.41. The zero-order valence-electron chi connectivity index (χ0n) is 12.7. The highest BCUT2D eigenvalue weighted by Crippen LogP contribution is 2.24. The second-order valence-corrected chi connectivity index (χ2v) is 6.43. The molecule has 1 aliphatic rings. The molecule has 1 aliphatic heterocycles. The number of nitro groups is 1. The Morgan fingerprint density at radius 1 is 1.48 bits per heavy atom. The molecule has 2 rings (SSSR count). The maximum Gasteiger partial charge on any atom is 0.310 e. The lowest BCUT2D eigenvalue weighted by Gasteiger charge is -2.31. The predicted octanol–water partition coefficient (Wildman–Crippen LogP) is 2.61. The van der Waals surface area contributed by atoms with Gasteiger partial charge in [-0.05, 0) is 48.4 Å². The van der Waals surface area contributed by atoms with Crippen LogP contribution in [0.5, 0.6) is 0 Å². The minimum Gasteiger partial charge on any atom is -0.466 e. The SMILES string of the molecule is CCOC(=O)C1CCCN(C(=O)c2ccc([N+](=O)[O-])cc2I)C1. The maximum absolute atomic E-state index is 12.6. The van der Waals surface area contributed by atoms with Crippen LogP contribution in [0.3, 0.4) is 0 Å². The van der Waals surface area contributed by atoms with E-state index >= 15 is 0 Å². The van der Waals surface area contributed by atoms with Crippen molar-refractivity contribution < 1.29 is 19.2 Å². The van der Waals surface area contributed by atoms with E-state index in [-0.39, 0.29) is 23.5 Å². The highest BCUT2D eigenvalue weighted by Gasteiger charge is 2.30. The molecule has 1 heterocycles. The summed E-state index contributed by atoms with van der Waals surface area (Å²) in [6, 6.07) is 4.17. The Morgan fingerprint density at radius 2 is 2.22 bits per heavy atom. The molecule has 124 valence electrons. The summed E-state index contributed by atoms with van der Waals surface area (Å²) in [6.07, 6.45) is 1.44. The van der Waals surface area contributed by atoms with Crippen LogP contribution in [0.1, 0.15) is 30.1 Å². The van der Waals surface area contributed by atoms with Crippen molar-refractivity contribution in [3.8, 4) is 0 Å². The van der Waals surface area contributed by atoms with Crippen molar-refractivity contribution in [1.29, 1.82) is 0 Å². The van der Waals surface area contributed by atoms with Crippen LogP contribution in [0.2, 0.25) is 0 Å². The van der Waals surface area contributed by atoms with Crippen LogP contribution in [-0.2, 0) is 9.53 Å². The number of ether oxygens (including phenoxy) is 1. The van der Waals surface area contributed by atoms with Crippen molar-refractivity contribution in [3.05, 3.63) is 37.4 Å². The number of nitro benzene ring substituents is 1. The summed E-state index contributed by atoms with van der Waals surface area (Å²) in [6.45, 7) is 2.97. The van der Waals surface area contributed by atoms with Crippen molar-refractivity contribution in [2.75, 3.05) is 19.7 Å². The van der Waals surface area contributed by atoms with Crippen LogP contribution < -0.4 is 0 Å². The number of hydrogen-bond acceptors (Lipinski definition) is 5. The van der Waals surface area contributed by atoms with E-state index in [9.17, 15) is 19.7 Å². The third kappa shape index (κ3) is 4.18. The van der Waals surface area contributed by atoms with Crippen molar-refractivity contribution >= 4 is 40.2 Å². The number of likely N-dealkylation sites (tertiary alicyclic amines) is 1. The highest BCUT2D eigenvalue weighted by atomic mass is 127. The number of nitrogens with zero attached hydrogens (tertiary/aromatic N) is 2. The van der Waals surface area contributed by atoms with E-state index in [0.717, 1.165) is 6.42 Å². The molecule has 0 bridgehead atoms. The summed E-state index contributed by atoms with van der Waals surface area (Å²) in [4.78, 5) is 36.4. The smallest absolute Gasteiger partial charge is 0.310 e. The van der Waals surface area contributed by atoms with Gasteiger partial charge in [-0.25, -0.2) is 0 Å². The summed E-state index contributed by atoms with van der Waals surface area (Å²) >= 11 is 1.92. The van der Waals surface area contributed by atoms with Gasteiger partial charge in [0.1, 0.15) is 0 Å². The number of benzene rings is 1. The Balaban J connectivity index is 2.13. The molecule has 0 saturated carbocycles. The van der Waals surface area contributed by atoms with Gasteiger partial charge in [0.05, 0.1) is 23.0 Å². The molecule has 0 N–H and O–H groups in total. The van der Waals surface area contributed by atoms with Gasteiger partial charge >= 0.3 is 5.97 Å². The van der Waals surface area contributed by atoms with E-state index < -0.39 is 4.92 Å². The zero-order chi connectivity index (χ0) is 17.0. The number of hydrogen-bond donors (Lipinski definition) is 0. The van der Waals surface area contributed by atoms with Crippen molar-refractivity contribution in [1.82, 2.24) is 4.90 Å². The minimum absolute atomic E-state index is 0.0472. The van der Waals surface area contributed by atoms with E-state index in [0.29, 0.717) is 35.3 Å². The van der Waals surface area contributed by atoms with Crippen LogP contribution >= 0.6 is 22.6 Å². The standard InChI is InChI=1S/C15H17IN2O5/c1-2-23-15(20)10-4-3-7-17(9-10)14(19)12-6-5-11(18(21)22)8-13(12)16/h5-6,8,10H,2-4,7,9H2,1H3. The molecule has 0 spiro atoms. The molecule has 0 aliphatic carbocycles. The molecule has 0 aromatic heterocycles. The first-order chi connectivity index (χ1) is 10.9. The normalized spacial score (nSPS) is 17.7. The van der Waals surface area contributed by atoms with E-state index in [4.69, 9.17) is 4.74 Å². The molecule has 1 aromatic carbocycles. The minimum atomic E-state index is -0.492. The van der Waals surface area contributed by atoms with E-state index in [2.05, 4.69) is 0 Å². The van der Waals surface area contributed by atoms with Gasteiger partial charge in [0.15, 0.2) is 0 Å². The largest absolute Gasteiger partial charge is 0.466 e. The molecule has 1 amide bonds. The van der Waals surface area contributed by atoms with E-state index in [1.807, 2.05) is 22.6 Å². The Hall–Kier alpha value is -1.71. The van der Waals surface area contributed by atoms with Gasteiger partial charge in [0, 0.05) is 28.8 Å². The lowest BCUT2D eigenvalue weighted by Crippen LogP contribution is -2.43. The fraction of sp³-hybridized carbons (Fsp3) is 0.467. The molecule has 1 saturated heterocycles. The van der Waals surface area contributed by atoms with Crippen LogP contribution in [-0.4, -0.2) is 41.4 Å². The van der Waals surface area contributed by atoms with Gasteiger partial charge < -0.3 is 9.64 Å². The number of carbonyl (C=O) groups is 2. The van der Waals surface area contributed by atoms with Crippen molar-refractivity contribution in [2.24, 2.45) is 5.92 Å². The van der Waals surface area contributed by atoms with Crippen molar-refractivity contribution in [2.45, 2.75) is 19.8 Å². The molecule has 23 heavy (non-hydrogen) atoms. The lowest BCUT2D eigenvalue weighted by molar-refractivity contribution is -0.384. The topological polar surface area (TPSA) is 89.8 Å². The second kappa shape index (κ2) is 7.71. The van der Waals surface area contributed by atoms with Crippen molar-refractivity contribution in [3.63, 3.8) is 0 Å². The zero-order valence-corrected chi connectivity index (χ0v) is 14.8. The molecular weight excluding hydrogens is 415 g/mol. The summed E-state index contributed by atoms with van der Waals surface area (Å²) in [5.41, 5.74) is 0.370. The monoisotopic (exact) mass is 432 g/mol. The first-order valence-electron chi connectivity index (χ1n) is 7.34. The molecule has 1 unspecified atom stereocenters. The number of rotatable bonds is 4. The lowest BCUT2D eigenvalue weighted by atomic mass is 9.97. The molecule has 8 heteroatoms. The summed E-state index contributed by atoms with van der Waals surface area (Å²) in [5.74, 6) is -0.787. The number of esters is 1. The van der Waals surface area contributed by atoms with Crippen LogP contribution in [0.15, 0.2) is 18.2 Å². The summed E-state index contributed by atoms with van der Waals surface area (Å²) < 4.78 is 5.56. The van der Waals surface area contributed by atoms with Crippen LogP contribution in [0.25, 0.3) is 0 Å². The third-order valence-corrected chi connectivity index (χ3v) is 4.61. The molecule has 1 fully saturated rings. The number of halogens is 1. The number of piperidine rings is 1. The van der Waals surface area contributed by atoms with E-state index in [1.54, 1.807) is 11.8 Å². The maximum atomic E-state index is 12.6. The molecule has 1 atom stereocenters. The van der Waals surface area contributed by atoms with Gasteiger partial charge in [0.2, 0.25) is 0 Å². The van der Waals surface area contributed by atoms with Crippen LogP contribution in [0.4, 0.5) is 5.69 Å². The Morgan fingerprint density at radius 3 is 2.83 bits per heavy atom. The third-order valence-electron chi connectivity index (χ3n) is 3.72. The highest BCUT2D eigenvalue weighted by molar-refractivity contribution is 14.1. The van der Waals surface area contributed by atoms with E-state index in [1.165, 1.54) is 18.2 Å². The second-order valence-electron chi connectivity index (χ2n) is 5.26. The Labute approximate surface area is 147 Å². The van der Waals surface area contributed by atoms with Gasteiger partial charge in [-0.2, -0.15) is 0 Å².